The number of hydrogen-bond acceptors (Lipinski definition) is 18. The van der Waals surface area contributed by atoms with Crippen LogP contribution in [0.5, 0.6) is 34.5 Å². The van der Waals surface area contributed by atoms with Gasteiger partial charge in [0.25, 0.3) is 0 Å². The van der Waals surface area contributed by atoms with Crippen LogP contribution in [0.3, 0.4) is 0 Å². The van der Waals surface area contributed by atoms with E-state index in [4.69, 9.17) is 37.6 Å². The van der Waals surface area contributed by atoms with E-state index in [-0.39, 0.29) is 40.4 Å². The maximum absolute atomic E-state index is 13.5. The maximum atomic E-state index is 13.5. The summed E-state index contributed by atoms with van der Waals surface area (Å²) in [6.07, 6.45) is -15.8. The zero-order valence-electron chi connectivity index (χ0n) is 24.4. The molecule has 2 aromatic carbocycles. The number of benzene rings is 2. The van der Waals surface area contributed by atoms with Gasteiger partial charge in [-0.2, -0.15) is 0 Å². The van der Waals surface area contributed by atoms with Gasteiger partial charge in [-0.15, -0.1) is 0 Å². The molecule has 256 valence electrons. The van der Waals surface area contributed by atoms with E-state index in [1.807, 2.05) is 0 Å². The molecule has 0 aliphatic carbocycles. The predicted molar refractivity (Wildman–Crippen MR) is 151 cm³/mol. The largest absolute Gasteiger partial charge is 0.504 e. The fourth-order valence-electron chi connectivity index (χ4n) is 5.54. The average Bonchev–Trinajstić information content (AvgIpc) is 3.53. The molecule has 10 atom stereocenters. The molecule has 2 saturated heterocycles. The van der Waals surface area contributed by atoms with Gasteiger partial charge in [0.2, 0.25) is 30.0 Å². The summed E-state index contributed by atoms with van der Waals surface area (Å²) >= 11 is 0. The normalized spacial score (nSPS) is 32.0. The number of fused-ring (bicyclic) bond motifs is 2. The van der Waals surface area contributed by atoms with Crippen LogP contribution in [-0.4, -0.2) is 134 Å². The Morgan fingerprint density at radius 1 is 0.809 bits per heavy atom. The first-order chi connectivity index (χ1) is 22.4. The molecular weight excluding hydrogens is 636 g/mol. The number of aromatic hydroxyl groups is 2. The van der Waals surface area contributed by atoms with Gasteiger partial charge in [0.15, 0.2) is 29.3 Å². The average molecular weight is 669 g/mol. The first kappa shape index (κ1) is 33.0. The number of phenols is 2. The fraction of sp³-hybridized carbons (Fsp3) is 0.483. The molecule has 3 aromatic rings. The van der Waals surface area contributed by atoms with Crippen molar-refractivity contribution in [3.05, 3.63) is 34.7 Å². The van der Waals surface area contributed by atoms with Gasteiger partial charge in [0.1, 0.15) is 66.1 Å². The molecule has 0 saturated carbocycles. The second kappa shape index (κ2) is 12.9. The molecule has 0 unspecified atom stereocenters. The Balaban J connectivity index is 1.22. The predicted octanol–water partition coefficient (Wildman–Crippen LogP) is -2.39. The molecule has 0 amide bonds. The summed E-state index contributed by atoms with van der Waals surface area (Å²) in [5, 5.41) is 92.6. The smallest absolute Gasteiger partial charge is 0.231 e. The Labute approximate surface area is 263 Å². The third-order valence-electron chi connectivity index (χ3n) is 8.10. The summed E-state index contributed by atoms with van der Waals surface area (Å²) in [6.45, 7) is -1.44. The van der Waals surface area contributed by atoms with Crippen LogP contribution in [0.4, 0.5) is 0 Å². The van der Waals surface area contributed by atoms with Gasteiger partial charge >= 0.3 is 0 Å². The molecule has 6 rings (SSSR count). The van der Waals surface area contributed by atoms with Gasteiger partial charge in [-0.05, 0) is 17.7 Å². The number of rotatable bonds is 8. The number of ether oxygens (including phenoxy) is 7. The van der Waals surface area contributed by atoms with Crippen LogP contribution in [0.1, 0.15) is 0 Å². The van der Waals surface area contributed by atoms with Crippen LogP contribution < -0.4 is 24.4 Å². The topological polar surface area (TPSA) is 277 Å². The zero-order chi connectivity index (χ0) is 33.7. The summed E-state index contributed by atoms with van der Waals surface area (Å²) in [4.78, 5) is 13.5. The van der Waals surface area contributed by atoms with Crippen LogP contribution >= 0.6 is 0 Å². The minimum atomic E-state index is -1.92. The lowest BCUT2D eigenvalue weighted by molar-refractivity contribution is -0.323. The molecule has 4 heterocycles. The van der Waals surface area contributed by atoms with Crippen molar-refractivity contribution in [1.82, 2.24) is 0 Å². The fourth-order valence-corrected chi connectivity index (χ4v) is 5.54. The molecule has 9 N–H and O–H groups in total. The summed E-state index contributed by atoms with van der Waals surface area (Å²) in [6, 6.07) is 3.58. The zero-order valence-corrected chi connectivity index (χ0v) is 24.4. The molecule has 0 bridgehead atoms. The van der Waals surface area contributed by atoms with Gasteiger partial charge in [0.05, 0.1) is 25.9 Å². The van der Waals surface area contributed by atoms with Crippen molar-refractivity contribution in [3.8, 4) is 45.6 Å². The molecule has 1 aromatic heterocycles. The Hall–Kier alpha value is -3.95. The standard InChI is InChI=1S/C29H32O18/c1-40-27-17-13(4-14-26(27)44-8-43-14)41-6-10(18(17)33)9-2-11(31)25(12(32)3-9)47-29-24(39)22(37)20(35)16(46-29)7-42-28-23(38)21(36)19(34)15(5-30)45-28/h2-4,6,15-16,19-24,28-32,34-39H,5,7-8H2,1H3/t15-,16-,19-,20-,21+,22+,23-,24-,28-,29+/m1/s1. The summed E-state index contributed by atoms with van der Waals surface area (Å²) in [5.41, 5.74) is -0.569. The lowest BCUT2D eigenvalue weighted by atomic mass is 9.98. The number of phenolic OH excluding ortho intramolecular Hbond substituents is 2. The number of methoxy groups -OCH3 is 1. The Morgan fingerprint density at radius 3 is 2.11 bits per heavy atom. The lowest BCUT2D eigenvalue weighted by Crippen LogP contribution is -2.62. The van der Waals surface area contributed by atoms with Crippen molar-refractivity contribution in [2.75, 3.05) is 27.1 Å². The minimum Gasteiger partial charge on any atom is -0.504 e. The number of aliphatic hydroxyl groups is 7. The van der Waals surface area contributed by atoms with E-state index in [1.54, 1.807) is 0 Å². The number of aliphatic hydroxyl groups excluding tert-OH is 7. The Morgan fingerprint density at radius 2 is 1.45 bits per heavy atom. The molecular formula is C29H32O18. The van der Waals surface area contributed by atoms with E-state index < -0.39 is 97.3 Å². The highest BCUT2D eigenvalue weighted by atomic mass is 16.7. The molecule has 2 fully saturated rings. The quantitative estimate of drug-likeness (QED) is 0.121. The van der Waals surface area contributed by atoms with Crippen molar-refractivity contribution >= 4 is 11.0 Å². The van der Waals surface area contributed by atoms with Gasteiger partial charge in [0, 0.05) is 6.07 Å². The van der Waals surface area contributed by atoms with Crippen LogP contribution in [0.15, 0.2) is 33.7 Å². The van der Waals surface area contributed by atoms with E-state index in [1.165, 1.54) is 13.2 Å². The molecule has 3 aliphatic rings. The van der Waals surface area contributed by atoms with Crippen molar-refractivity contribution < 1.29 is 83.5 Å². The maximum Gasteiger partial charge on any atom is 0.231 e. The van der Waals surface area contributed by atoms with E-state index in [2.05, 4.69) is 0 Å². The van der Waals surface area contributed by atoms with E-state index in [0.717, 1.165) is 18.4 Å². The third kappa shape index (κ3) is 5.78. The van der Waals surface area contributed by atoms with Crippen LogP contribution in [0.25, 0.3) is 22.1 Å². The van der Waals surface area contributed by atoms with Crippen molar-refractivity contribution in [2.24, 2.45) is 0 Å². The second-order valence-electron chi connectivity index (χ2n) is 11.0. The van der Waals surface area contributed by atoms with E-state index in [0.29, 0.717) is 5.75 Å². The monoisotopic (exact) mass is 668 g/mol. The first-order valence-electron chi connectivity index (χ1n) is 14.2. The van der Waals surface area contributed by atoms with E-state index >= 15 is 0 Å². The highest BCUT2D eigenvalue weighted by molar-refractivity contribution is 5.92. The minimum absolute atomic E-state index is 0.00547. The summed E-state index contributed by atoms with van der Waals surface area (Å²) in [7, 11) is 1.33. The van der Waals surface area contributed by atoms with E-state index in [9.17, 15) is 50.8 Å². The Bertz CT molecular complexity index is 1650. The van der Waals surface area contributed by atoms with Crippen molar-refractivity contribution in [1.29, 1.82) is 0 Å². The van der Waals surface area contributed by atoms with Gasteiger partial charge in [-0.3, -0.25) is 4.79 Å². The van der Waals surface area contributed by atoms with Gasteiger partial charge < -0.3 is 83.5 Å². The summed E-state index contributed by atoms with van der Waals surface area (Å²) in [5.74, 6) is -1.48. The number of hydrogen-bond donors (Lipinski definition) is 9. The summed E-state index contributed by atoms with van der Waals surface area (Å²) < 4.78 is 43.4. The first-order valence-corrected chi connectivity index (χ1v) is 14.2. The molecule has 47 heavy (non-hydrogen) atoms. The molecule has 3 aliphatic heterocycles. The second-order valence-corrected chi connectivity index (χ2v) is 11.0. The molecule has 18 nitrogen and oxygen atoms in total. The van der Waals surface area contributed by atoms with Gasteiger partial charge in [-0.1, -0.05) is 0 Å². The SMILES string of the molecule is COc1c2c(cc3occ(-c4cc(O)c(O[C@@H]5O[C@H](CO[C@@H]6O[C@H](CO)[C@@H](O)[C@H](O)[C@H]6O)[C@@H](O)[C@H](O)[C@H]5O)c(O)c4)c(=O)c13)OCO2. The molecule has 0 spiro atoms. The van der Waals surface area contributed by atoms with Gasteiger partial charge in [-0.25, -0.2) is 0 Å². The Kier molecular flexibility index (Phi) is 9.06. The van der Waals surface area contributed by atoms with Crippen LogP contribution in [0, 0.1) is 0 Å². The van der Waals surface area contributed by atoms with Crippen LogP contribution in [-0.2, 0) is 14.2 Å². The lowest BCUT2D eigenvalue weighted by Gasteiger charge is -2.42. The third-order valence-corrected chi connectivity index (χ3v) is 8.10. The highest BCUT2D eigenvalue weighted by Gasteiger charge is 2.48. The molecule has 0 radical (unpaired) electrons. The van der Waals surface area contributed by atoms with Crippen molar-refractivity contribution in [2.45, 2.75) is 61.4 Å². The van der Waals surface area contributed by atoms with Crippen molar-refractivity contribution in [3.63, 3.8) is 0 Å². The molecule has 18 heteroatoms. The highest BCUT2D eigenvalue weighted by Crippen LogP contribution is 2.46. The van der Waals surface area contributed by atoms with Crippen LogP contribution in [0.2, 0.25) is 0 Å².